The van der Waals surface area contributed by atoms with E-state index in [9.17, 15) is 0 Å². The van der Waals surface area contributed by atoms with Gasteiger partial charge in [-0.3, -0.25) is 0 Å². The Morgan fingerprint density at radius 1 is 1.14 bits per heavy atom. The fraction of sp³-hybridized carbons (Fsp3) is 0.348. The van der Waals surface area contributed by atoms with E-state index in [1.165, 1.54) is 38.4 Å². The average Bonchev–Trinajstić information content (AvgIpc) is 2.72. The summed E-state index contributed by atoms with van der Waals surface area (Å²) in [6.45, 7) is 3.08. The van der Waals surface area contributed by atoms with Crippen LogP contribution in [0, 0.1) is 11.3 Å². The minimum atomic E-state index is 0.0902. The summed E-state index contributed by atoms with van der Waals surface area (Å²) in [5, 5.41) is 21.9. The Morgan fingerprint density at radius 2 is 2.00 bits per heavy atom. The zero-order valence-corrected chi connectivity index (χ0v) is 15.8. The average molecular weight is 372 g/mol. The molecular formula is C23H24N4O. The first-order valence-corrected chi connectivity index (χ1v) is 10.0. The van der Waals surface area contributed by atoms with Gasteiger partial charge in [0.1, 0.15) is 11.8 Å². The van der Waals surface area contributed by atoms with Crippen LogP contribution in [-0.4, -0.2) is 32.3 Å². The predicted molar refractivity (Wildman–Crippen MR) is 111 cm³/mol. The summed E-state index contributed by atoms with van der Waals surface area (Å²) in [5.74, 6) is 0.842. The third-order valence-corrected chi connectivity index (χ3v) is 5.87. The van der Waals surface area contributed by atoms with Gasteiger partial charge in [-0.2, -0.15) is 5.26 Å². The van der Waals surface area contributed by atoms with Crippen LogP contribution < -0.4 is 31.1 Å². The van der Waals surface area contributed by atoms with Crippen molar-refractivity contribution in [2.24, 2.45) is 0 Å². The largest absolute Gasteiger partial charge is 0.478 e. The molecule has 3 N–H and O–H groups in total. The molecule has 4 aliphatic rings. The van der Waals surface area contributed by atoms with Gasteiger partial charge in [-0.25, -0.2) is 0 Å². The maximum Gasteiger partial charge on any atom is 0.174 e. The first kappa shape index (κ1) is 17.2. The molecular weight excluding hydrogens is 348 g/mol. The molecule has 2 aromatic rings. The van der Waals surface area contributed by atoms with E-state index in [1.807, 2.05) is 0 Å². The summed E-state index contributed by atoms with van der Waals surface area (Å²) in [6.07, 6.45) is 7.59. The SMILES string of the molecule is N#CCOc1cc(-c2cc(NC3CCNCC3)c3c(c2)=CCNC=3)c2cc1C2. The Kier molecular flexibility index (Phi) is 4.42. The monoisotopic (exact) mass is 372 g/mol. The van der Waals surface area contributed by atoms with E-state index >= 15 is 0 Å². The second-order valence-corrected chi connectivity index (χ2v) is 7.69. The maximum absolute atomic E-state index is 8.84. The maximum atomic E-state index is 8.84. The molecule has 2 heterocycles. The van der Waals surface area contributed by atoms with Gasteiger partial charge in [0.15, 0.2) is 6.61 Å². The van der Waals surface area contributed by atoms with Crippen LogP contribution in [0.5, 0.6) is 5.75 Å². The molecule has 0 saturated carbocycles. The van der Waals surface area contributed by atoms with Crippen molar-refractivity contribution in [2.45, 2.75) is 25.3 Å². The van der Waals surface area contributed by atoms with E-state index < -0.39 is 0 Å². The Hall–Kier alpha value is -2.97. The van der Waals surface area contributed by atoms with E-state index in [-0.39, 0.29) is 6.61 Å². The van der Waals surface area contributed by atoms with E-state index in [0.717, 1.165) is 44.6 Å². The molecule has 2 aliphatic carbocycles. The molecule has 142 valence electrons. The molecule has 0 spiro atoms. The highest BCUT2D eigenvalue weighted by molar-refractivity contribution is 5.77. The highest BCUT2D eigenvalue weighted by Gasteiger charge is 2.22. The molecule has 2 aliphatic heterocycles. The van der Waals surface area contributed by atoms with Gasteiger partial charge in [-0.05, 0) is 71.6 Å². The quantitative estimate of drug-likeness (QED) is 0.632. The zero-order valence-electron chi connectivity index (χ0n) is 15.8. The lowest BCUT2D eigenvalue weighted by Gasteiger charge is -2.27. The lowest BCUT2D eigenvalue weighted by atomic mass is 9.84. The molecule has 1 fully saturated rings. The van der Waals surface area contributed by atoms with E-state index in [0.29, 0.717) is 6.04 Å². The normalized spacial score (nSPS) is 17.1. The van der Waals surface area contributed by atoms with Crippen LogP contribution in [0.1, 0.15) is 24.0 Å². The highest BCUT2D eigenvalue weighted by atomic mass is 16.5. The van der Waals surface area contributed by atoms with Crippen molar-refractivity contribution in [3.05, 3.63) is 45.8 Å². The molecule has 0 amide bonds. The van der Waals surface area contributed by atoms with Crippen molar-refractivity contribution in [2.75, 3.05) is 31.6 Å². The fourth-order valence-electron chi connectivity index (χ4n) is 4.34. The molecule has 1 saturated heterocycles. The standard InChI is InChI=1S/C23H24N4O/c24-4-8-28-23-13-20(16-10-18(23)11-16)17-9-15-1-5-26-14-21(15)22(12-17)27-19-2-6-25-7-3-19/h1,9-10,12-14,19,25-27H,2-3,5-8,11H2. The van der Waals surface area contributed by atoms with Crippen molar-refractivity contribution >= 4 is 18.0 Å². The van der Waals surface area contributed by atoms with Crippen LogP contribution in [0.25, 0.3) is 23.4 Å². The van der Waals surface area contributed by atoms with Gasteiger partial charge in [0, 0.05) is 36.1 Å². The summed E-state index contributed by atoms with van der Waals surface area (Å²) in [4.78, 5) is 0. The van der Waals surface area contributed by atoms with Gasteiger partial charge in [0.2, 0.25) is 0 Å². The third-order valence-electron chi connectivity index (χ3n) is 5.87. The van der Waals surface area contributed by atoms with E-state index in [1.54, 1.807) is 0 Å². The van der Waals surface area contributed by atoms with Crippen molar-refractivity contribution in [1.29, 1.82) is 5.26 Å². The van der Waals surface area contributed by atoms with Crippen molar-refractivity contribution < 1.29 is 4.74 Å². The second kappa shape index (κ2) is 7.21. The Bertz CT molecular complexity index is 1080. The van der Waals surface area contributed by atoms with Crippen LogP contribution in [0.15, 0.2) is 24.3 Å². The second-order valence-electron chi connectivity index (χ2n) is 7.69. The molecule has 2 aromatic carbocycles. The molecule has 2 bridgehead atoms. The minimum Gasteiger partial charge on any atom is -0.478 e. The van der Waals surface area contributed by atoms with E-state index in [2.05, 4.69) is 58.6 Å². The lowest BCUT2D eigenvalue weighted by molar-refractivity contribution is 0.363. The van der Waals surface area contributed by atoms with Crippen LogP contribution in [0.2, 0.25) is 0 Å². The topological polar surface area (TPSA) is 69.1 Å². The van der Waals surface area contributed by atoms with Gasteiger partial charge in [-0.1, -0.05) is 12.1 Å². The zero-order chi connectivity index (χ0) is 18.9. The summed E-state index contributed by atoms with van der Waals surface area (Å²) in [5.41, 5.74) is 6.17. The number of nitrogens with zero attached hydrogens (tertiary/aromatic N) is 1. The molecule has 0 aromatic heterocycles. The van der Waals surface area contributed by atoms with Crippen LogP contribution >= 0.6 is 0 Å². The number of piperidine rings is 1. The number of anilines is 1. The first-order chi connectivity index (χ1) is 13.8. The minimum absolute atomic E-state index is 0.0902. The smallest absolute Gasteiger partial charge is 0.174 e. The lowest BCUT2D eigenvalue weighted by Crippen LogP contribution is -2.40. The van der Waals surface area contributed by atoms with Crippen LogP contribution in [0.4, 0.5) is 5.69 Å². The molecule has 5 nitrogen and oxygen atoms in total. The number of benzene rings is 2. The van der Waals surface area contributed by atoms with Gasteiger partial charge >= 0.3 is 0 Å². The molecule has 0 radical (unpaired) electrons. The van der Waals surface area contributed by atoms with Gasteiger partial charge in [0.25, 0.3) is 0 Å². The number of hydrogen-bond acceptors (Lipinski definition) is 5. The van der Waals surface area contributed by atoms with Gasteiger partial charge in [0.05, 0.1) is 0 Å². The van der Waals surface area contributed by atoms with E-state index in [4.69, 9.17) is 10.00 Å². The summed E-state index contributed by atoms with van der Waals surface area (Å²) in [6, 6.07) is 11.4. The molecule has 6 rings (SSSR count). The molecule has 0 unspecified atom stereocenters. The predicted octanol–water partition coefficient (Wildman–Crippen LogP) is 1.45. The summed E-state index contributed by atoms with van der Waals surface area (Å²) >= 11 is 0. The number of fused-ring (bicyclic) bond motifs is 3. The Balaban J connectivity index is 1.56. The molecule has 28 heavy (non-hydrogen) atoms. The number of ether oxygens (including phenoxy) is 1. The third kappa shape index (κ3) is 3.10. The van der Waals surface area contributed by atoms with Crippen molar-refractivity contribution in [3.63, 3.8) is 0 Å². The molecule has 0 atom stereocenters. The Morgan fingerprint density at radius 3 is 2.82 bits per heavy atom. The van der Waals surface area contributed by atoms with Crippen molar-refractivity contribution in [3.8, 4) is 22.9 Å². The van der Waals surface area contributed by atoms with Crippen molar-refractivity contribution in [1.82, 2.24) is 10.6 Å². The first-order valence-electron chi connectivity index (χ1n) is 10.0. The van der Waals surface area contributed by atoms with Crippen LogP contribution in [0.3, 0.4) is 0 Å². The fourth-order valence-corrected chi connectivity index (χ4v) is 4.34. The summed E-state index contributed by atoms with van der Waals surface area (Å²) < 4.78 is 5.65. The highest BCUT2D eigenvalue weighted by Crippen LogP contribution is 2.40. The number of hydrogen-bond donors (Lipinski definition) is 3. The number of nitriles is 1. The Labute approximate surface area is 164 Å². The number of rotatable bonds is 5. The van der Waals surface area contributed by atoms with Crippen LogP contribution in [-0.2, 0) is 6.42 Å². The summed E-state index contributed by atoms with van der Waals surface area (Å²) in [7, 11) is 0. The molecule has 5 heteroatoms. The van der Waals surface area contributed by atoms with Gasteiger partial charge in [-0.15, -0.1) is 0 Å². The number of nitrogens with one attached hydrogen (secondary N) is 3. The van der Waals surface area contributed by atoms with Gasteiger partial charge < -0.3 is 20.7 Å².